The van der Waals surface area contributed by atoms with Crippen molar-refractivity contribution in [3.63, 3.8) is 0 Å². The highest BCUT2D eigenvalue weighted by Gasteiger charge is 2.09. The number of aryl methyl sites for hydroxylation is 1. The molecular weight excluding hydrogens is 270 g/mol. The maximum Gasteiger partial charge on any atom is 0.345 e. The Labute approximate surface area is 119 Å². The number of carbonyl (C=O) groups is 1. The van der Waals surface area contributed by atoms with Gasteiger partial charge in [-0.25, -0.2) is 9.59 Å². The van der Waals surface area contributed by atoms with E-state index in [0.29, 0.717) is 16.9 Å². The van der Waals surface area contributed by atoms with Crippen molar-refractivity contribution in [1.82, 2.24) is 4.98 Å². The predicted molar refractivity (Wildman–Crippen MR) is 76.4 cm³/mol. The van der Waals surface area contributed by atoms with Crippen LogP contribution in [0.2, 0.25) is 0 Å². The van der Waals surface area contributed by atoms with E-state index < -0.39 is 11.6 Å². The standard InChI is InChI=1S/C16H11NO4/c1-10-2-3-12(9-17-10)16(19)20-13-6-4-11-5-7-15(18)21-14(11)8-13/h2-9H,1H3. The lowest BCUT2D eigenvalue weighted by Crippen LogP contribution is -2.09. The summed E-state index contributed by atoms with van der Waals surface area (Å²) in [5, 5.41) is 0.756. The molecule has 2 heterocycles. The van der Waals surface area contributed by atoms with Gasteiger partial charge in [0.25, 0.3) is 0 Å². The van der Waals surface area contributed by atoms with E-state index in [1.165, 1.54) is 18.3 Å². The maximum absolute atomic E-state index is 12.0. The van der Waals surface area contributed by atoms with E-state index in [2.05, 4.69) is 4.98 Å². The first-order valence-corrected chi connectivity index (χ1v) is 6.30. The molecule has 0 aliphatic heterocycles. The fourth-order valence-corrected chi connectivity index (χ4v) is 1.86. The zero-order chi connectivity index (χ0) is 14.8. The van der Waals surface area contributed by atoms with Crippen LogP contribution in [-0.2, 0) is 0 Å². The van der Waals surface area contributed by atoms with Crippen LogP contribution in [0, 0.1) is 6.92 Å². The molecule has 3 rings (SSSR count). The summed E-state index contributed by atoms with van der Waals surface area (Å²) in [5.74, 6) is -0.206. The van der Waals surface area contributed by atoms with Gasteiger partial charge in [0.05, 0.1) is 5.56 Å². The Balaban J connectivity index is 1.89. The van der Waals surface area contributed by atoms with E-state index >= 15 is 0 Å². The summed E-state index contributed by atoms with van der Waals surface area (Å²) >= 11 is 0. The number of carbonyl (C=O) groups excluding carboxylic acids is 1. The van der Waals surface area contributed by atoms with Gasteiger partial charge in [0.2, 0.25) is 0 Å². The number of rotatable bonds is 2. The van der Waals surface area contributed by atoms with Gasteiger partial charge in [0.1, 0.15) is 11.3 Å². The van der Waals surface area contributed by atoms with Crippen LogP contribution in [0.4, 0.5) is 0 Å². The molecule has 1 aromatic carbocycles. The summed E-state index contributed by atoms with van der Waals surface area (Å²) in [6, 6.07) is 11.2. The second kappa shape index (κ2) is 5.20. The molecule has 0 aliphatic rings. The highest BCUT2D eigenvalue weighted by molar-refractivity contribution is 5.91. The Morgan fingerprint density at radius 2 is 1.95 bits per heavy atom. The van der Waals surface area contributed by atoms with Crippen molar-refractivity contribution >= 4 is 16.9 Å². The monoisotopic (exact) mass is 281 g/mol. The van der Waals surface area contributed by atoms with Gasteiger partial charge in [-0.05, 0) is 37.3 Å². The summed E-state index contributed by atoms with van der Waals surface area (Å²) in [4.78, 5) is 27.2. The Kier molecular flexibility index (Phi) is 3.23. The molecule has 5 heteroatoms. The van der Waals surface area contributed by atoms with E-state index in [1.54, 1.807) is 30.3 Å². The number of fused-ring (bicyclic) bond motifs is 1. The number of benzene rings is 1. The fourth-order valence-electron chi connectivity index (χ4n) is 1.86. The van der Waals surface area contributed by atoms with Crippen LogP contribution in [0.15, 0.2) is 57.9 Å². The van der Waals surface area contributed by atoms with Crippen LogP contribution in [0.5, 0.6) is 5.75 Å². The van der Waals surface area contributed by atoms with Crippen LogP contribution < -0.4 is 10.4 Å². The third-order valence-electron chi connectivity index (χ3n) is 2.95. The molecule has 3 aromatic rings. The molecule has 0 N–H and O–H groups in total. The van der Waals surface area contributed by atoms with Crippen molar-refractivity contribution in [1.29, 1.82) is 0 Å². The van der Waals surface area contributed by atoms with Gasteiger partial charge in [0, 0.05) is 29.4 Å². The number of aromatic nitrogens is 1. The number of ether oxygens (including phenoxy) is 1. The first kappa shape index (κ1) is 13.1. The van der Waals surface area contributed by atoms with Crippen molar-refractivity contribution in [3.05, 3.63) is 70.3 Å². The first-order valence-electron chi connectivity index (χ1n) is 6.30. The van der Waals surface area contributed by atoms with Crippen LogP contribution in [0.3, 0.4) is 0 Å². The third-order valence-corrected chi connectivity index (χ3v) is 2.95. The van der Waals surface area contributed by atoms with Gasteiger partial charge in [-0.2, -0.15) is 0 Å². The predicted octanol–water partition coefficient (Wildman–Crippen LogP) is 2.72. The minimum absolute atomic E-state index is 0.308. The molecule has 2 aromatic heterocycles. The number of pyridine rings is 1. The second-order valence-electron chi connectivity index (χ2n) is 4.53. The Hall–Kier alpha value is -2.95. The highest BCUT2D eigenvalue weighted by atomic mass is 16.5. The van der Waals surface area contributed by atoms with Crippen LogP contribution >= 0.6 is 0 Å². The lowest BCUT2D eigenvalue weighted by atomic mass is 10.2. The SMILES string of the molecule is Cc1ccc(C(=O)Oc2ccc3ccc(=O)oc3c2)cn1. The Morgan fingerprint density at radius 3 is 2.71 bits per heavy atom. The largest absolute Gasteiger partial charge is 0.423 e. The van der Waals surface area contributed by atoms with Gasteiger partial charge >= 0.3 is 11.6 Å². The fraction of sp³-hybridized carbons (Fsp3) is 0.0625. The minimum atomic E-state index is -0.514. The first-order chi connectivity index (χ1) is 10.1. The minimum Gasteiger partial charge on any atom is -0.423 e. The molecule has 0 atom stereocenters. The summed E-state index contributed by atoms with van der Waals surface area (Å²) in [7, 11) is 0. The molecule has 0 unspecified atom stereocenters. The van der Waals surface area contributed by atoms with Crippen molar-refractivity contribution in [2.45, 2.75) is 6.92 Å². The van der Waals surface area contributed by atoms with Crippen LogP contribution in [0.25, 0.3) is 11.0 Å². The van der Waals surface area contributed by atoms with E-state index in [4.69, 9.17) is 9.15 Å². The van der Waals surface area contributed by atoms with E-state index in [-0.39, 0.29) is 0 Å². The van der Waals surface area contributed by atoms with Crippen molar-refractivity contribution < 1.29 is 13.9 Å². The van der Waals surface area contributed by atoms with Crippen LogP contribution in [0.1, 0.15) is 16.1 Å². The Morgan fingerprint density at radius 1 is 1.14 bits per heavy atom. The lowest BCUT2D eigenvalue weighted by molar-refractivity contribution is 0.0734. The lowest BCUT2D eigenvalue weighted by Gasteiger charge is -2.05. The van der Waals surface area contributed by atoms with E-state index in [1.807, 2.05) is 6.92 Å². The van der Waals surface area contributed by atoms with Crippen molar-refractivity contribution in [2.75, 3.05) is 0 Å². The Bertz CT molecular complexity index is 865. The van der Waals surface area contributed by atoms with Gasteiger partial charge in [-0.15, -0.1) is 0 Å². The quantitative estimate of drug-likeness (QED) is 0.410. The average molecular weight is 281 g/mol. The molecule has 0 amide bonds. The maximum atomic E-state index is 12.0. The van der Waals surface area contributed by atoms with Gasteiger partial charge < -0.3 is 9.15 Å². The molecular formula is C16H11NO4. The smallest absolute Gasteiger partial charge is 0.345 e. The molecule has 21 heavy (non-hydrogen) atoms. The molecule has 0 bridgehead atoms. The zero-order valence-electron chi connectivity index (χ0n) is 11.2. The summed E-state index contributed by atoms with van der Waals surface area (Å²) < 4.78 is 10.3. The topological polar surface area (TPSA) is 69.4 Å². The van der Waals surface area contributed by atoms with Gasteiger partial charge in [-0.3, -0.25) is 4.98 Å². The normalized spacial score (nSPS) is 10.5. The molecule has 104 valence electrons. The van der Waals surface area contributed by atoms with E-state index in [9.17, 15) is 9.59 Å². The molecule has 5 nitrogen and oxygen atoms in total. The number of hydrogen-bond donors (Lipinski definition) is 0. The average Bonchev–Trinajstić information content (AvgIpc) is 2.47. The zero-order valence-corrected chi connectivity index (χ0v) is 11.2. The molecule has 0 fully saturated rings. The van der Waals surface area contributed by atoms with Gasteiger partial charge in [-0.1, -0.05) is 0 Å². The van der Waals surface area contributed by atoms with Crippen LogP contribution in [-0.4, -0.2) is 11.0 Å². The number of hydrogen-bond acceptors (Lipinski definition) is 5. The number of esters is 1. The van der Waals surface area contributed by atoms with E-state index in [0.717, 1.165) is 11.1 Å². The summed E-state index contributed by atoms with van der Waals surface area (Å²) in [6.45, 7) is 1.83. The molecule has 0 saturated heterocycles. The van der Waals surface area contributed by atoms with Gasteiger partial charge in [0.15, 0.2) is 0 Å². The van der Waals surface area contributed by atoms with Crippen molar-refractivity contribution in [3.8, 4) is 5.75 Å². The highest BCUT2D eigenvalue weighted by Crippen LogP contribution is 2.20. The van der Waals surface area contributed by atoms with Crippen molar-refractivity contribution in [2.24, 2.45) is 0 Å². The molecule has 0 aliphatic carbocycles. The second-order valence-corrected chi connectivity index (χ2v) is 4.53. The molecule has 0 radical (unpaired) electrons. The molecule has 0 saturated carbocycles. The number of nitrogens with zero attached hydrogens (tertiary/aromatic N) is 1. The summed E-state index contributed by atoms with van der Waals surface area (Å²) in [6.07, 6.45) is 1.46. The summed E-state index contributed by atoms with van der Waals surface area (Å²) in [5.41, 5.74) is 1.10. The third kappa shape index (κ3) is 2.81. The molecule has 0 spiro atoms.